The number of hydrogen-bond acceptors (Lipinski definition) is 6. The number of aromatic nitrogens is 1. The minimum Gasteiger partial charge on any atom is -0.297 e. The van der Waals surface area contributed by atoms with Crippen LogP contribution >= 0.6 is 23.1 Å². The third kappa shape index (κ3) is 3.19. The fourth-order valence-electron chi connectivity index (χ4n) is 1.53. The van der Waals surface area contributed by atoms with Gasteiger partial charge in [-0.3, -0.25) is 9.59 Å². The Kier molecular flexibility index (Phi) is 4.30. The van der Waals surface area contributed by atoms with Gasteiger partial charge in [-0.15, -0.1) is 11.3 Å². The van der Waals surface area contributed by atoms with Crippen molar-refractivity contribution in [2.24, 2.45) is 0 Å². The van der Waals surface area contributed by atoms with Crippen molar-refractivity contribution in [3.8, 4) is 6.07 Å². The van der Waals surface area contributed by atoms with Crippen molar-refractivity contribution < 1.29 is 9.59 Å². The molecule has 4 nitrogen and oxygen atoms in total. The first-order chi connectivity index (χ1) is 9.11. The molecule has 0 spiro atoms. The van der Waals surface area contributed by atoms with Crippen molar-refractivity contribution in [3.05, 3.63) is 29.3 Å². The molecule has 1 atom stereocenters. The van der Waals surface area contributed by atoms with Crippen molar-refractivity contribution in [2.75, 3.05) is 5.75 Å². The minimum absolute atomic E-state index is 0.0173. The van der Waals surface area contributed by atoms with E-state index in [9.17, 15) is 9.59 Å². The minimum atomic E-state index is -0.885. The maximum absolute atomic E-state index is 11.9. The zero-order valence-electron chi connectivity index (χ0n) is 10.1. The lowest BCUT2D eigenvalue weighted by molar-refractivity contribution is -0.117. The normalized spacial score (nSPS) is 12.0. The number of thiazole rings is 1. The van der Waals surface area contributed by atoms with Gasteiger partial charge >= 0.3 is 0 Å². The zero-order chi connectivity index (χ0) is 13.8. The molecule has 2 rings (SSSR count). The predicted octanol–water partition coefficient (Wildman–Crippen LogP) is 2.75. The highest BCUT2D eigenvalue weighted by Gasteiger charge is 2.24. The lowest BCUT2D eigenvalue weighted by Gasteiger charge is -2.02. The van der Waals surface area contributed by atoms with E-state index in [0.717, 1.165) is 22.0 Å². The van der Waals surface area contributed by atoms with Crippen LogP contribution in [0.15, 0.2) is 24.3 Å². The Labute approximate surface area is 118 Å². The van der Waals surface area contributed by atoms with Gasteiger partial charge < -0.3 is 0 Å². The van der Waals surface area contributed by atoms with E-state index in [-0.39, 0.29) is 16.7 Å². The summed E-state index contributed by atoms with van der Waals surface area (Å²) in [4.78, 5) is 27.1. The summed E-state index contributed by atoms with van der Waals surface area (Å²) in [6, 6.07) is 9.47. The summed E-state index contributed by atoms with van der Waals surface area (Å²) < 4.78 is 0.949. The maximum Gasteiger partial charge on any atom is 0.186 e. The summed E-state index contributed by atoms with van der Waals surface area (Å²) in [5.74, 6) is -1.14. The van der Waals surface area contributed by atoms with E-state index in [2.05, 4.69) is 4.98 Å². The van der Waals surface area contributed by atoms with Crippen LogP contribution < -0.4 is 0 Å². The van der Waals surface area contributed by atoms with Crippen molar-refractivity contribution in [1.82, 2.24) is 4.98 Å². The van der Waals surface area contributed by atoms with E-state index in [1.165, 1.54) is 18.3 Å². The molecule has 1 heterocycles. The Balaban J connectivity index is 2.24. The Morgan fingerprint density at radius 3 is 2.84 bits per heavy atom. The Morgan fingerprint density at radius 1 is 1.47 bits per heavy atom. The van der Waals surface area contributed by atoms with Gasteiger partial charge in [0.1, 0.15) is 5.01 Å². The molecular weight excluding hydrogens is 280 g/mol. The van der Waals surface area contributed by atoms with Crippen LogP contribution in [0.3, 0.4) is 0 Å². The summed E-state index contributed by atoms with van der Waals surface area (Å²) in [5.41, 5.74) is 0.787. The third-order valence-corrected chi connectivity index (χ3v) is 4.36. The zero-order valence-corrected chi connectivity index (χ0v) is 11.8. The van der Waals surface area contributed by atoms with Gasteiger partial charge in [-0.05, 0) is 12.1 Å². The van der Waals surface area contributed by atoms with Crippen LogP contribution in [0.2, 0.25) is 0 Å². The average molecular weight is 290 g/mol. The fourth-order valence-corrected chi connectivity index (χ4v) is 3.08. The van der Waals surface area contributed by atoms with Crippen molar-refractivity contribution in [3.63, 3.8) is 0 Å². The van der Waals surface area contributed by atoms with Crippen LogP contribution in [-0.4, -0.2) is 21.6 Å². The largest absolute Gasteiger partial charge is 0.297 e. The number of Topliss-reactive ketones (excluding diaryl/α,β-unsaturated/α-hetero) is 1. The van der Waals surface area contributed by atoms with Crippen LogP contribution in [-0.2, 0) is 9.59 Å². The predicted molar refractivity (Wildman–Crippen MR) is 76.1 cm³/mol. The number of carbonyl (C=O) groups excluding carboxylic acids is 2. The molecule has 0 radical (unpaired) electrons. The number of para-hydroxylation sites is 1. The van der Waals surface area contributed by atoms with E-state index in [4.69, 9.17) is 5.26 Å². The van der Waals surface area contributed by atoms with Crippen LogP contribution in [0.25, 0.3) is 10.2 Å². The Bertz CT molecular complexity index is 640. The Hall–Kier alpha value is -1.71. The number of rotatable bonds is 4. The standard InChI is InChI=1S/C13H10N2O2S2/c1-8(16)18-7-11(17)9(6-14)13-15-10-4-2-3-5-12(10)19-13/h2-5,9H,7H2,1H3. The lowest BCUT2D eigenvalue weighted by Crippen LogP contribution is -2.13. The van der Waals surface area contributed by atoms with E-state index in [1.807, 2.05) is 30.3 Å². The number of nitrogens with zero attached hydrogens (tertiary/aromatic N) is 2. The quantitative estimate of drug-likeness (QED) is 0.865. The molecule has 0 saturated heterocycles. The molecule has 0 bridgehead atoms. The van der Waals surface area contributed by atoms with Crippen molar-refractivity contribution in [2.45, 2.75) is 12.8 Å². The van der Waals surface area contributed by atoms with E-state index >= 15 is 0 Å². The van der Waals surface area contributed by atoms with Gasteiger partial charge in [0.05, 0.1) is 22.0 Å². The molecule has 0 amide bonds. The Morgan fingerprint density at radius 2 is 2.21 bits per heavy atom. The summed E-state index contributed by atoms with van der Waals surface area (Å²) in [5, 5.41) is 9.51. The molecule has 0 fully saturated rings. The average Bonchev–Trinajstić information content (AvgIpc) is 2.80. The summed E-state index contributed by atoms with van der Waals surface area (Å²) in [6.45, 7) is 1.40. The van der Waals surface area contributed by atoms with Gasteiger partial charge in [0.25, 0.3) is 0 Å². The van der Waals surface area contributed by atoms with Crippen molar-refractivity contribution in [1.29, 1.82) is 5.26 Å². The highest BCUT2D eigenvalue weighted by Crippen LogP contribution is 2.28. The van der Waals surface area contributed by atoms with Crippen LogP contribution in [0.5, 0.6) is 0 Å². The molecule has 0 N–H and O–H groups in total. The van der Waals surface area contributed by atoms with Crippen LogP contribution in [0.1, 0.15) is 17.8 Å². The molecule has 0 aliphatic carbocycles. The van der Waals surface area contributed by atoms with Gasteiger partial charge in [0.2, 0.25) is 0 Å². The molecule has 0 aliphatic rings. The first-order valence-corrected chi connectivity index (χ1v) is 7.33. The van der Waals surface area contributed by atoms with E-state index in [0.29, 0.717) is 5.01 Å². The second kappa shape index (κ2) is 5.95. The van der Waals surface area contributed by atoms with Crippen molar-refractivity contribution >= 4 is 44.2 Å². The highest BCUT2D eigenvalue weighted by molar-refractivity contribution is 8.14. The molecule has 1 aromatic heterocycles. The summed E-state index contributed by atoms with van der Waals surface area (Å²) >= 11 is 2.27. The molecule has 0 saturated carbocycles. The first-order valence-electron chi connectivity index (χ1n) is 5.53. The fraction of sp³-hybridized carbons (Fsp3) is 0.231. The van der Waals surface area contributed by atoms with Crippen LogP contribution in [0, 0.1) is 11.3 Å². The third-order valence-electron chi connectivity index (χ3n) is 2.43. The molecule has 6 heteroatoms. The molecule has 2 aromatic rings. The topological polar surface area (TPSA) is 70.8 Å². The van der Waals surface area contributed by atoms with Gasteiger partial charge in [0, 0.05) is 6.92 Å². The maximum atomic E-state index is 11.9. The number of fused-ring (bicyclic) bond motifs is 1. The lowest BCUT2D eigenvalue weighted by atomic mass is 10.1. The number of thioether (sulfide) groups is 1. The first kappa shape index (κ1) is 13.7. The second-order valence-electron chi connectivity index (χ2n) is 3.83. The number of hydrogen-bond donors (Lipinski definition) is 0. The monoisotopic (exact) mass is 290 g/mol. The second-order valence-corrected chi connectivity index (χ2v) is 6.04. The van der Waals surface area contributed by atoms with Gasteiger partial charge in [-0.25, -0.2) is 4.98 Å². The SMILES string of the molecule is CC(=O)SCC(=O)C(C#N)c1nc2ccccc2s1. The molecular formula is C13H10N2O2S2. The van der Waals surface area contributed by atoms with E-state index in [1.54, 1.807) is 0 Å². The molecule has 1 unspecified atom stereocenters. The number of nitriles is 1. The van der Waals surface area contributed by atoms with Gasteiger partial charge in [-0.1, -0.05) is 23.9 Å². The number of ketones is 1. The van der Waals surface area contributed by atoms with Gasteiger partial charge in [0.15, 0.2) is 16.8 Å². The molecule has 1 aromatic carbocycles. The molecule has 96 valence electrons. The smallest absolute Gasteiger partial charge is 0.186 e. The summed E-state index contributed by atoms with van der Waals surface area (Å²) in [6.07, 6.45) is 0. The van der Waals surface area contributed by atoms with E-state index < -0.39 is 5.92 Å². The number of carbonyl (C=O) groups is 2. The number of benzene rings is 1. The van der Waals surface area contributed by atoms with Gasteiger partial charge in [-0.2, -0.15) is 5.26 Å². The molecule has 0 aliphatic heterocycles. The van der Waals surface area contributed by atoms with Crippen LogP contribution in [0.4, 0.5) is 0 Å². The summed E-state index contributed by atoms with van der Waals surface area (Å²) in [7, 11) is 0. The molecule has 19 heavy (non-hydrogen) atoms. The highest BCUT2D eigenvalue weighted by atomic mass is 32.2.